The molecular formula is C22H32OS. The van der Waals surface area contributed by atoms with Gasteiger partial charge in [-0.3, -0.25) is 0 Å². The second-order valence-electron chi connectivity index (χ2n) is 9.86. The highest BCUT2D eigenvalue weighted by Gasteiger charge is 2.60. The number of thioether (sulfide) groups is 1. The number of phenols is 1. The summed E-state index contributed by atoms with van der Waals surface area (Å²) in [5.41, 5.74) is 4.07. The first-order valence-electron chi connectivity index (χ1n) is 9.65. The fourth-order valence-electron chi connectivity index (χ4n) is 7.08. The molecule has 0 bridgehead atoms. The number of phenolic OH excluding ortho intramolecular Hbond substituents is 1. The number of fused-ring (bicyclic) bond motifs is 5. The second kappa shape index (κ2) is 5.19. The molecule has 2 aliphatic carbocycles. The van der Waals surface area contributed by atoms with E-state index >= 15 is 0 Å². The highest BCUT2D eigenvalue weighted by atomic mass is 32.2. The molecule has 1 N–H and O–H groups in total. The molecule has 4 rings (SSSR count). The van der Waals surface area contributed by atoms with Gasteiger partial charge in [0.2, 0.25) is 0 Å². The van der Waals surface area contributed by atoms with Crippen LogP contribution in [-0.4, -0.2) is 10.9 Å². The smallest absolute Gasteiger partial charge is 0.116 e. The van der Waals surface area contributed by atoms with Crippen molar-refractivity contribution >= 4 is 11.8 Å². The lowest BCUT2D eigenvalue weighted by atomic mass is 9.42. The summed E-state index contributed by atoms with van der Waals surface area (Å²) in [7, 11) is 0. The Bertz CT molecular complexity index is 679. The third-order valence-corrected chi connectivity index (χ3v) is 9.19. The number of aryl methyl sites for hydroxylation is 1. The monoisotopic (exact) mass is 344 g/mol. The number of hydrogen-bond donors (Lipinski definition) is 1. The van der Waals surface area contributed by atoms with Gasteiger partial charge in [-0.1, -0.05) is 34.1 Å². The molecule has 0 radical (unpaired) electrons. The van der Waals surface area contributed by atoms with E-state index in [-0.39, 0.29) is 5.41 Å². The predicted molar refractivity (Wildman–Crippen MR) is 103 cm³/mol. The van der Waals surface area contributed by atoms with E-state index < -0.39 is 0 Å². The molecule has 2 saturated carbocycles. The minimum Gasteiger partial charge on any atom is -0.508 e. The summed E-state index contributed by atoms with van der Waals surface area (Å²) in [4.78, 5) is 1.34. The van der Waals surface area contributed by atoms with Crippen LogP contribution in [-0.2, 0) is 5.41 Å². The Labute approximate surface area is 151 Å². The molecule has 0 amide bonds. The summed E-state index contributed by atoms with van der Waals surface area (Å²) in [6.07, 6.45) is 6.85. The molecule has 1 aliphatic heterocycles. The zero-order chi connectivity index (χ0) is 17.3. The van der Waals surface area contributed by atoms with Gasteiger partial charge in [0.1, 0.15) is 5.75 Å². The lowest BCUT2D eigenvalue weighted by molar-refractivity contribution is -0.0974. The van der Waals surface area contributed by atoms with Gasteiger partial charge in [0.15, 0.2) is 0 Å². The topological polar surface area (TPSA) is 20.2 Å². The Morgan fingerprint density at radius 2 is 1.79 bits per heavy atom. The van der Waals surface area contributed by atoms with Gasteiger partial charge in [-0.15, -0.1) is 11.8 Å². The van der Waals surface area contributed by atoms with E-state index in [1.165, 1.54) is 48.3 Å². The van der Waals surface area contributed by atoms with Crippen molar-refractivity contribution in [2.24, 2.45) is 22.7 Å². The molecule has 1 aromatic carbocycles. The number of hydrogen-bond acceptors (Lipinski definition) is 2. The normalized spacial score (nSPS) is 40.4. The predicted octanol–water partition coefficient (Wildman–Crippen LogP) is 6.31. The summed E-state index contributed by atoms with van der Waals surface area (Å²) in [5.74, 6) is 3.26. The van der Waals surface area contributed by atoms with Crippen molar-refractivity contribution in [3.63, 3.8) is 0 Å². The Hall–Kier alpha value is -0.630. The number of rotatable bonds is 0. The van der Waals surface area contributed by atoms with Crippen molar-refractivity contribution in [1.29, 1.82) is 0 Å². The van der Waals surface area contributed by atoms with Crippen molar-refractivity contribution < 1.29 is 5.11 Å². The zero-order valence-corrected chi connectivity index (χ0v) is 16.7. The molecule has 0 spiro atoms. The number of aromatic hydroxyl groups is 1. The highest BCUT2D eigenvalue weighted by Crippen LogP contribution is 2.67. The van der Waals surface area contributed by atoms with Gasteiger partial charge >= 0.3 is 0 Å². The molecule has 0 aromatic heterocycles. The average Bonchev–Trinajstić information content (AvgIpc) is 2.44. The van der Waals surface area contributed by atoms with Crippen LogP contribution in [0.4, 0.5) is 0 Å². The first-order chi connectivity index (χ1) is 11.2. The van der Waals surface area contributed by atoms with E-state index in [1.807, 2.05) is 23.9 Å². The van der Waals surface area contributed by atoms with Gasteiger partial charge in [0.25, 0.3) is 0 Å². The maximum absolute atomic E-state index is 10.0. The van der Waals surface area contributed by atoms with Crippen LogP contribution in [0.1, 0.15) is 70.9 Å². The molecule has 1 nitrogen and oxygen atoms in total. The number of benzene rings is 1. The highest BCUT2D eigenvalue weighted by molar-refractivity contribution is 7.99. The van der Waals surface area contributed by atoms with Crippen molar-refractivity contribution in [1.82, 2.24) is 0 Å². The molecule has 2 heteroatoms. The molecule has 3 aliphatic rings. The standard InChI is InChI=1S/C22H32OS/c1-14-11-15(23)12-16-19(14)22(5)10-7-17-20(2,3)8-6-9-21(17,4)18(22)13-24-16/h11-12,17-18,23H,6-10,13H2,1-5H3. The second-order valence-corrected chi connectivity index (χ2v) is 10.9. The van der Waals surface area contributed by atoms with Crippen molar-refractivity contribution in [3.8, 4) is 5.75 Å². The average molecular weight is 345 g/mol. The largest absolute Gasteiger partial charge is 0.508 e. The van der Waals surface area contributed by atoms with Crippen LogP contribution < -0.4 is 0 Å². The van der Waals surface area contributed by atoms with Crippen LogP contribution in [0.5, 0.6) is 5.75 Å². The van der Waals surface area contributed by atoms with Gasteiger partial charge in [-0.05, 0) is 83.9 Å². The van der Waals surface area contributed by atoms with E-state index in [0.29, 0.717) is 16.6 Å². The van der Waals surface area contributed by atoms with Crippen molar-refractivity contribution in [2.45, 2.75) is 77.0 Å². The summed E-state index contributed by atoms with van der Waals surface area (Å²) in [5, 5.41) is 10.0. The first-order valence-corrected chi connectivity index (χ1v) is 10.6. The minimum atomic E-state index is 0.275. The molecule has 24 heavy (non-hydrogen) atoms. The van der Waals surface area contributed by atoms with E-state index in [2.05, 4.69) is 34.6 Å². The Morgan fingerprint density at radius 3 is 2.54 bits per heavy atom. The molecule has 2 fully saturated rings. The van der Waals surface area contributed by atoms with Crippen molar-refractivity contribution in [3.05, 3.63) is 23.3 Å². The summed E-state index contributed by atoms with van der Waals surface area (Å²) in [6.45, 7) is 12.4. The Morgan fingerprint density at radius 1 is 1.04 bits per heavy atom. The van der Waals surface area contributed by atoms with Crippen molar-refractivity contribution in [2.75, 3.05) is 5.75 Å². The van der Waals surface area contributed by atoms with Crippen LogP contribution in [0.2, 0.25) is 0 Å². The SMILES string of the molecule is Cc1cc(O)cc2c1C1(C)CCC3C(C)(C)CCCC3(C)C1CS2. The zero-order valence-electron chi connectivity index (χ0n) is 15.9. The summed E-state index contributed by atoms with van der Waals surface area (Å²) < 4.78 is 0. The molecule has 4 unspecified atom stereocenters. The van der Waals surface area contributed by atoms with Crippen LogP contribution in [0.25, 0.3) is 0 Å². The van der Waals surface area contributed by atoms with E-state index in [9.17, 15) is 5.11 Å². The maximum Gasteiger partial charge on any atom is 0.116 e. The third-order valence-electron chi connectivity index (χ3n) is 8.05. The quantitative estimate of drug-likeness (QED) is 0.595. The maximum atomic E-state index is 10.0. The van der Waals surface area contributed by atoms with Crippen LogP contribution in [0, 0.1) is 29.6 Å². The van der Waals surface area contributed by atoms with Gasteiger partial charge in [-0.25, -0.2) is 0 Å². The minimum absolute atomic E-state index is 0.275. The summed E-state index contributed by atoms with van der Waals surface area (Å²) in [6, 6.07) is 3.99. The van der Waals surface area contributed by atoms with E-state index in [0.717, 1.165) is 11.8 Å². The van der Waals surface area contributed by atoms with E-state index in [4.69, 9.17) is 0 Å². The van der Waals surface area contributed by atoms with Gasteiger partial charge < -0.3 is 5.11 Å². The Kier molecular flexibility index (Phi) is 3.64. The van der Waals surface area contributed by atoms with Crippen LogP contribution in [0.3, 0.4) is 0 Å². The summed E-state index contributed by atoms with van der Waals surface area (Å²) >= 11 is 2.00. The van der Waals surface area contributed by atoms with E-state index in [1.54, 1.807) is 5.56 Å². The molecule has 1 aromatic rings. The van der Waals surface area contributed by atoms with Gasteiger partial charge in [0.05, 0.1) is 0 Å². The molecular weight excluding hydrogens is 312 g/mol. The molecule has 132 valence electrons. The lowest BCUT2D eigenvalue weighted by Crippen LogP contribution is -2.58. The van der Waals surface area contributed by atoms with Gasteiger partial charge in [-0.2, -0.15) is 0 Å². The lowest BCUT2D eigenvalue weighted by Gasteiger charge is -2.64. The molecule has 4 atom stereocenters. The Balaban J connectivity index is 1.84. The van der Waals surface area contributed by atoms with Crippen LogP contribution >= 0.6 is 11.8 Å². The fourth-order valence-corrected chi connectivity index (χ4v) is 8.92. The fraction of sp³-hybridized carbons (Fsp3) is 0.727. The molecule has 0 saturated heterocycles. The first kappa shape index (κ1) is 16.8. The molecule has 1 heterocycles. The van der Waals surface area contributed by atoms with Crippen LogP contribution in [0.15, 0.2) is 17.0 Å². The third kappa shape index (κ3) is 2.14. The van der Waals surface area contributed by atoms with Gasteiger partial charge in [0, 0.05) is 10.6 Å².